The Morgan fingerprint density at radius 1 is 1.19 bits per heavy atom. The maximum absolute atomic E-state index is 12.7. The first-order valence-electron chi connectivity index (χ1n) is 8.72. The summed E-state index contributed by atoms with van der Waals surface area (Å²) in [5.74, 6) is -0.197. The van der Waals surface area contributed by atoms with E-state index in [0.29, 0.717) is 31.9 Å². The SMILES string of the molecule is CN=C(NCc1c(C)nn(C)c1C)NCC1CCC(C(F)(F)F)CC1.I. The number of hydrogen-bond donors (Lipinski definition) is 2. The Bertz CT molecular complexity index is 604. The molecule has 1 fully saturated rings. The molecule has 0 aromatic carbocycles. The molecule has 0 radical (unpaired) electrons. The molecule has 0 saturated heterocycles. The van der Waals surface area contributed by atoms with Gasteiger partial charge in [-0.3, -0.25) is 9.67 Å². The van der Waals surface area contributed by atoms with Crippen LogP contribution in [-0.4, -0.2) is 35.5 Å². The molecule has 5 nitrogen and oxygen atoms in total. The molecule has 0 amide bonds. The maximum Gasteiger partial charge on any atom is 0.391 e. The predicted molar refractivity (Wildman–Crippen MR) is 108 cm³/mol. The number of aromatic nitrogens is 2. The van der Waals surface area contributed by atoms with E-state index in [-0.39, 0.29) is 42.7 Å². The number of halogens is 4. The number of hydrogen-bond acceptors (Lipinski definition) is 2. The first kappa shape index (κ1) is 23.0. The van der Waals surface area contributed by atoms with E-state index >= 15 is 0 Å². The number of guanidine groups is 1. The van der Waals surface area contributed by atoms with Gasteiger partial charge in [-0.05, 0) is 45.4 Å². The highest BCUT2D eigenvalue weighted by Crippen LogP contribution is 2.39. The van der Waals surface area contributed by atoms with Crippen molar-refractivity contribution in [2.24, 2.45) is 23.9 Å². The molecule has 2 N–H and O–H groups in total. The summed E-state index contributed by atoms with van der Waals surface area (Å²) < 4.78 is 40.0. The molecule has 1 aromatic rings. The molecule has 26 heavy (non-hydrogen) atoms. The number of aliphatic imine (C=N–C) groups is 1. The largest absolute Gasteiger partial charge is 0.391 e. The van der Waals surface area contributed by atoms with E-state index in [1.165, 1.54) is 0 Å². The van der Waals surface area contributed by atoms with E-state index < -0.39 is 12.1 Å². The van der Waals surface area contributed by atoms with Gasteiger partial charge in [0.25, 0.3) is 0 Å². The zero-order chi connectivity index (χ0) is 18.6. The van der Waals surface area contributed by atoms with Gasteiger partial charge in [-0.2, -0.15) is 18.3 Å². The highest BCUT2D eigenvalue weighted by molar-refractivity contribution is 14.0. The molecule has 1 aliphatic rings. The van der Waals surface area contributed by atoms with Crippen molar-refractivity contribution in [1.82, 2.24) is 20.4 Å². The van der Waals surface area contributed by atoms with Crippen molar-refractivity contribution < 1.29 is 13.2 Å². The Morgan fingerprint density at radius 3 is 2.27 bits per heavy atom. The normalized spacial score (nSPS) is 21.3. The fraction of sp³-hybridized carbons (Fsp3) is 0.765. The smallest absolute Gasteiger partial charge is 0.356 e. The van der Waals surface area contributed by atoms with Crippen LogP contribution in [0.25, 0.3) is 0 Å². The molecule has 1 aliphatic carbocycles. The molecule has 1 aromatic heterocycles. The monoisotopic (exact) mass is 487 g/mol. The van der Waals surface area contributed by atoms with Gasteiger partial charge in [-0.1, -0.05) is 0 Å². The Balaban J connectivity index is 0.00000338. The Kier molecular flexibility index (Phi) is 8.68. The van der Waals surface area contributed by atoms with Gasteiger partial charge in [0.1, 0.15) is 0 Å². The van der Waals surface area contributed by atoms with Crippen LogP contribution >= 0.6 is 24.0 Å². The number of alkyl halides is 3. The van der Waals surface area contributed by atoms with Crippen molar-refractivity contribution >= 4 is 29.9 Å². The van der Waals surface area contributed by atoms with E-state index in [9.17, 15) is 13.2 Å². The molecule has 0 aliphatic heterocycles. The molecule has 0 bridgehead atoms. The van der Waals surface area contributed by atoms with E-state index in [0.717, 1.165) is 17.0 Å². The lowest BCUT2D eigenvalue weighted by molar-refractivity contribution is -0.183. The summed E-state index contributed by atoms with van der Waals surface area (Å²) in [5, 5.41) is 10.9. The average Bonchev–Trinajstić information content (AvgIpc) is 2.80. The third-order valence-corrected chi connectivity index (χ3v) is 5.18. The summed E-state index contributed by atoms with van der Waals surface area (Å²) in [6.07, 6.45) is -2.37. The zero-order valence-electron chi connectivity index (χ0n) is 15.8. The molecule has 1 heterocycles. The highest BCUT2D eigenvalue weighted by Gasteiger charge is 2.41. The van der Waals surface area contributed by atoms with Gasteiger partial charge < -0.3 is 10.6 Å². The lowest BCUT2D eigenvalue weighted by Gasteiger charge is -2.30. The van der Waals surface area contributed by atoms with Gasteiger partial charge in [-0.15, -0.1) is 24.0 Å². The summed E-state index contributed by atoms with van der Waals surface area (Å²) in [6.45, 7) is 5.26. The minimum atomic E-state index is -4.05. The van der Waals surface area contributed by atoms with Crippen molar-refractivity contribution in [1.29, 1.82) is 0 Å². The number of nitrogens with one attached hydrogen (secondary N) is 2. The molecule has 0 spiro atoms. The van der Waals surface area contributed by atoms with Crippen LogP contribution in [0.4, 0.5) is 13.2 Å². The standard InChI is InChI=1S/C17H28F3N5.HI/c1-11-15(12(2)25(4)24-11)10-23-16(21-3)22-9-13-5-7-14(8-6-13)17(18,19)20;/h13-14H,5-10H2,1-4H3,(H2,21,22,23);1H. The molecule has 150 valence electrons. The van der Waals surface area contributed by atoms with Crippen molar-refractivity contribution in [3.63, 3.8) is 0 Å². The lowest BCUT2D eigenvalue weighted by atomic mass is 9.81. The van der Waals surface area contributed by atoms with Crippen molar-refractivity contribution in [2.45, 2.75) is 52.3 Å². The fourth-order valence-electron chi connectivity index (χ4n) is 3.40. The van der Waals surface area contributed by atoms with Crippen LogP contribution in [0.3, 0.4) is 0 Å². The predicted octanol–water partition coefficient (Wildman–Crippen LogP) is 3.69. The van der Waals surface area contributed by atoms with Crippen LogP contribution in [0.1, 0.15) is 42.6 Å². The molecular formula is C17H29F3IN5. The van der Waals surface area contributed by atoms with Gasteiger partial charge in [0.05, 0.1) is 11.6 Å². The first-order valence-corrected chi connectivity index (χ1v) is 8.72. The van der Waals surface area contributed by atoms with E-state index in [1.54, 1.807) is 7.05 Å². The molecule has 0 atom stereocenters. The highest BCUT2D eigenvalue weighted by atomic mass is 127. The third kappa shape index (κ3) is 6.02. The summed E-state index contributed by atoms with van der Waals surface area (Å²) in [7, 11) is 3.61. The number of rotatable bonds is 4. The van der Waals surface area contributed by atoms with Crippen LogP contribution in [0, 0.1) is 25.7 Å². The molecule has 0 unspecified atom stereocenters. The Morgan fingerprint density at radius 2 is 1.81 bits per heavy atom. The average molecular weight is 487 g/mol. The first-order chi connectivity index (χ1) is 11.7. The molecule has 9 heteroatoms. The minimum absolute atomic E-state index is 0. The Hall–Kier alpha value is -1.00. The van der Waals surface area contributed by atoms with Gasteiger partial charge >= 0.3 is 6.18 Å². The molecule has 1 saturated carbocycles. The quantitative estimate of drug-likeness (QED) is 0.387. The lowest BCUT2D eigenvalue weighted by Crippen LogP contribution is -2.40. The van der Waals surface area contributed by atoms with E-state index in [1.807, 2.05) is 25.6 Å². The van der Waals surface area contributed by atoms with Crippen molar-refractivity contribution in [2.75, 3.05) is 13.6 Å². The van der Waals surface area contributed by atoms with Crippen LogP contribution in [-0.2, 0) is 13.6 Å². The topological polar surface area (TPSA) is 54.2 Å². The minimum Gasteiger partial charge on any atom is -0.356 e. The van der Waals surface area contributed by atoms with Crippen LogP contribution in [0.15, 0.2) is 4.99 Å². The molecule has 2 rings (SSSR count). The summed E-state index contributed by atoms with van der Waals surface area (Å²) in [5.41, 5.74) is 3.22. The Labute approximate surface area is 170 Å². The van der Waals surface area contributed by atoms with Gasteiger partial charge in [0.2, 0.25) is 0 Å². The second kappa shape index (κ2) is 9.80. The number of aryl methyl sites for hydroxylation is 2. The summed E-state index contributed by atoms with van der Waals surface area (Å²) >= 11 is 0. The fourth-order valence-corrected chi connectivity index (χ4v) is 3.40. The van der Waals surface area contributed by atoms with Crippen LogP contribution in [0.2, 0.25) is 0 Å². The van der Waals surface area contributed by atoms with Gasteiger partial charge in [0.15, 0.2) is 5.96 Å². The molecular weight excluding hydrogens is 458 g/mol. The van der Waals surface area contributed by atoms with Crippen molar-refractivity contribution in [3.8, 4) is 0 Å². The summed E-state index contributed by atoms with van der Waals surface area (Å²) in [4.78, 5) is 4.20. The summed E-state index contributed by atoms with van der Waals surface area (Å²) in [6, 6.07) is 0. The third-order valence-electron chi connectivity index (χ3n) is 5.18. The zero-order valence-corrected chi connectivity index (χ0v) is 18.1. The second-order valence-electron chi connectivity index (χ2n) is 6.84. The van der Waals surface area contributed by atoms with Gasteiger partial charge in [0, 0.05) is 38.4 Å². The van der Waals surface area contributed by atoms with E-state index in [4.69, 9.17) is 0 Å². The maximum atomic E-state index is 12.7. The number of nitrogens with zero attached hydrogens (tertiary/aromatic N) is 3. The van der Waals surface area contributed by atoms with E-state index in [2.05, 4.69) is 20.7 Å². The van der Waals surface area contributed by atoms with Gasteiger partial charge in [-0.25, -0.2) is 0 Å². The van der Waals surface area contributed by atoms with Crippen LogP contribution < -0.4 is 10.6 Å². The van der Waals surface area contributed by atoms with Crippen molar-refractivity contribution in [3.05, 3.63) is 17.0 Å². The van der Waals surface area contributed by atoms with Crippen LogP contribution in [0.5, 0.6) is 0 Å². The second-order valence-corrected chi connectivity index (χ2v) is 6.84.